The van der Waals surface area contributed by atoms with Gasteiger partial charge in [0, 0.05) is 7.05 Å². The first-order valence-electron chi connectivity index (χ1n) is 5.06. The second kappa shape index (κ2) is 5.25. The summed E-state index contributed by atoms with van der Waals surface area (Å²) < 4.78 is 1.14. The third kappa shape index (κ3) is 2.62. The standard InChI is InChI=1S/C9H13N5O4/c1-4-6(8(16)17)12-13-14(4)5(2)7(15)11-9(18)10-3/h5H,1-3H3,(H,16,17)(H2,10,11,15,18). The van der Waals surface area contributed by atoms with Gasteiger partial charge in [-0.15, -0.1) is 5.10 Å². The van der Waals surface area contributed by atoms with Crippen molar-refractivity contribution in [1.82, 2.24) is 25.6 Å². The van der Waals surface area contributed by atoms with Crippen LogP contribution >= 0.6 is 0 Å². The number of hydrogen-bond donors (Lipinski definition) is 3. The molecule has 0 aromatic carbocycles. The van der Waals surface area contributed by atoms with E-state index in [2.05, 4.69) is 20.9 Å². The first-order valence-corrected chi connectivity index (χ1v) is 5.06. The fourth-order valence-corrected chi connectivity index (χ4v) is 1.30. The lowest BCUT2D eigenvalue weighted by Crippen LogP contribution is -2.41. The molecule has 0 fully saturated rings. The SMILES string of the molecule is CNC(=O)NC(=O)C(C)n1nnc(C(=O)O)c1C. The van der Waals surface area contributed by atoms with Gasteiger partial charge in [0.15, 0.2) is 5.69 Å². The molecular weight excluding hydrogens is 242 g/mol. The van der Waals surface area contributed by atoms with Crippen molar-refractivity contribution in [2.75, 3.05) is 7.05 Å². The van der Waals surface area contributed by atoms with Crippen molar-refractivity contribution in [1.29, 1.82) is 0 Å². The van der Waals surface area contributed by atoms with Crippen LogP contribution in [0.5, 0.6) is 0 Å². The van der Waals surface area contributed by atoms with Crippen molar-refractivity contribution in [3.8, 4) is 0 Å². The van der Waals surface area contributed by atoms with E-state index < -0.39 is 23.9 Å². The number of urea groups is 1. The number of nitrogens with one attached hydrogen (secondary N) is 2. The van der Waals surface area contributed by atoms with Crippen LogP contribution < -0.4 is 10.6 Å². The molecule has 3 N–H and O–H groups in total. The van der Waals surface area contributed by atoms with E-state index in [0.717, 1.165) is 4.68 Å². The molecule has 1 atom stereocenters. The van der Waals surface area contributed by atoms with Crippen LogP contribution in [0.3, 0.4) is 0 Å². The average molecular weight is 255 g/mol. The summed E-state index contributed by atoms with van der Waals surface area (Å²) in [4.78, 5) is 33.4. The molecule has 0 aliphatic heterocycles. The van der Waals surface area contributed by atoms with E-state index >= 15 is 0 Å². The molecule has 9 nitrogen and oxygen atoms in total. The molecule has 1 aromatic rings. The van der Waals surface area contributed by atoms with Crippen molar-refractivity contribution < 1.29 is 19.5 Å². The minimum absolute atomic E-state index is 0.227. The highest BCUT2D eigenvalue weighted by atomic mass is 16.4. The predicted molar refractivity (Wildman–Crippen MR) is 59.0 cm³/mol. The van der Waals surface area contributed by atoms with E-state index in [-0.39, 0.29) is 11.4 Å². The zero-order chi connectivity index (χ0) is 13.9. The first-order chi connectivity index (χ1) is 8.38. The highest BCUT2D eigenvalue weighted by Crippen LogP contribution is 2.11. The van der Waals surface area contributed by atoms with Crippen molar-refractivity contribution in [2.45, 2.75) is 19.9 Å². The molecule has 1 unspecified atom stereocenters. The van der Waals surface area contributed by atoms with Gasteiger partial charge in [0.1, 0.15) is 6.04 Å². The molecule has 0 aliphatic carbocycles. The largest absolute Gasteiger partial charge is 0.476 e. The van der Waals surface area contributed by atoms with E-state index in [1.165, 1.54) is 20.9 Å². The molecule has 9 heteroatoms. The summed E-state index contributed by atoms with van der Waals surface area (Å²) in [5.41, 5.74) is 0.0108. The van der Waals surface area contributed by atoms with Crippen molar-refractivity contribution in [3.63, 3.8) is 0 Å². The van der Waals surface area contributed by atoms with Crippen LogP contribution in [0.15, 0.2) is 0 Å². The van der Waals surface area contributed by atoms with Gasteiger partial charge in [-0.1, -0.05) is 5.21 Å². The number of carboxylic acid groups (broad SMARTS) is 1. The lowest BCUT2D eigenvalue weighted by Gasteiger charge is -2.12. The Kier molecular flexibility index (Phi) is 3.97. The molecule has 0 spiro atoms. The number of nitrogens with zero attached hydrogens (tertiary/aromatic N) is 3. The fraction of sp³-hybridized carbons (Fsp3) is 0.444. The number of carbonyl (C=O) groups excluding carboxylic acids is 2. The molecule has 98 valence electrons. The quantitative estimate of drug-likeness (QED) is 0.655. The van der Waals surface area contributed by atoms with E-state index in [0.29, 0.717) is 0 Å². The summed E-state index contributed by atoms with van der Waals surface area (Å²) in [7, 11) is 1.37. The molecule has 1 aromatic heterocycles. The molecule has 3 amide bonds. The molecule has 0 radical (unpaired) electrons. The number of imide groups is 1. The molecule has 1 heterocycles. The summed E-state index contributed by atoms with van der Waals surface area (Å²) in [6, 6.07) is -1.49. The van der Waals surface area contributed by atoms with Crippen molar-refractivity contribution >= 4 is 17.9 Å². The molecule has 0 aliphatic rings. The summed E-state index contributed by atoms with van der Waals surface area (Å²) in [5, 5.41) is 20.1. The molecule has 0 saturated carbocycles. The van der Waals surface area contributed by atoms with Crippen LogP contribution in [-0.2, 0) is 4.79 Å². The minimum atomic E-state index is -1.22. The number of rotatable bonds is 3. The lowest BCUT2D eigenvalue weighted by molar-refractivity contribution is -0.123. The fourth-order valence-electron chi connectivity index (χ4n) is 1.30. The maximum atomic E-state index is 11.6. The summed E-state index contributed by atoms with van der Waals surface area (Å²) in [6.45, 7) is 2.96. The van der Waals surface area contributed by atoms with E-state index in [4.69, 9.17) is 5.11 Å². The van der Waals surface area contributed by atoms with Gasteiger partial charge < -0.3 is 10.4 Å². The van der Waals surface area contributed by atoms with Gasteiger partial charge in [0.2, 0.25) is 0 Å². The first kappa shape index (κ1) is 13.6. The van der Waals surface area contributed by atoms with Crippen molar-refractivity contribution in [3.05, 3.63) is 11.4 Å². The van der Waals surface area contributed by atoms with Gasteiger partial charge in [0.25, 0.3) is 5.91 Å². The zero-order valence-electron chi connectivity index (χ0n) is 10.1. The van der Waals surface area contributed by atoms with E-state index in [1.807, 2.05) is 0 Å². The summed E-state index contributed by atoms with van der Waals surface area (Å²) in [6.07, 6.45) is 0. The van der Waals surface area contributed by atoms with Crippen LogP contribution in [-0.4, -0.2) is 45.1 Å². The van der Waals surface area contributed by atoms with Gasteiger partial charge in [-0.05, 0) is 13.8 Å². The molecule has 0 saturated heterocycles. The highest BCUT2D eigenvalue weighted by molar-refractivity contribution is 5.96. The number of aromatic nitrogens is 3. The number of carboxylic acids is 1. The van der Waals surface area contributed by atoms with Crippen LogP contribution in [0.4, 0.5) is 4.79 Å². The van der Waals surface area contributed by atoms with Crippen LogP contribution in [0.25, 0.3) is 0 Å². The lowest BCUT2D eigenvalue weighted by atomic mass is 10.3. The Labute approximate surface area is 102 Å². The maximum absolute atomic E-state index is 11.6. The molecule has 18 heavy (non-hydrogen) atoms. The number of hydrogen-bond acceptors (Lipinski definition) is 5. The van der Waals surface area contributed by atoms with Gasteiger partial charge in [-0.25, -0.2) is 14.3 Å². The van der Waals surface area contributed by atoms with Crippen LogP contribution in [0.1, 0.15) is 29.1 Å². The smallest absolute Gasteiger partial charge is 0.358 e. The Balaban J connectivity index is 2.90. The number of aromatic carboxylic acids is 1. The number of amides is 3. The highest BCUT2D eigenvalue weighted by Gasteiger charge is 2.23. The average Bonchev–Trinajstić information content (AvgIpc) is 2.69. The van der Waals surface area contributed by atoms with Gasteiger partial charge in [-0.3, -0.25) is 10.1 Å². The summed E-state index contributed by atoms with van der Waals surface area (Å²) in [5.74, 6) is -1.84. The zero-order valence-corrected chi connectivity index (χ0v) is 10.1. The monoisotopic (exact) mass is 255 g/mol. The van der Waals surface area contributed by atoms with Gasteiger partial charge in [-0.2, -0.15) is 0 Å². The Morgan fingerprint density at radius 1 is 1.39 bits per heavy atom. The third-order valence-electron chi connectivity index (χ3n) is 2.34. The minimum Gasteiger partial charge on any atom is -0.476 e. The van der Waals surface area contributed by atoms with Crippen molar-refractivity contribution in [2.24, 2.45) is 0 Å². The van der Waals surface area contributed by atoms with Crippen LogP contribution in [0.2, 0.25) is 0 Å². The maximum Gasteiger partial charge on any atom is 0.358 e. The van der Waals surface area contributed by atoms with Gasteiger partial charge >= 0.3 is 12.0 Å². The third-order valence-corrected chi connectivity index (χ3v) is 2.34. The predicted octanol–water partition coefficient (Wildman–Crippen LogP) is -0.699. The Hall–Kier alpha value is -2.45. The molecule has 0 bridgehead atoms. The summed E-state index contributed by atoms with van der Waals surface area (Å²) >= 11 is 0. The molecule has 1 rings (SSSR count). The number of carbonyl (C=O) groups is 3. The van der Waals surface area contributed by atoms with Crippen LogP contribution in [0, 0.1) is 6.92 Å². The normalized spacial score (nSPS) is 11.7. The second-order valence-electron chi connectivity index (χ2n) is 3.52. The molecular formula is C9H13N5O4. The Morgan fingerprint density at radius 2 is 2.00 bits per heavy atom. The topological polar surface area (TPSA) is 126 Å². The van der Waals surface area contributed by atoms with E-state index in [9.17, 15) is 14.4 Å². The van der Waals surface area contributed by atoms with Gasteiger partial charge in [0.05, 0.1) is 5.69 Å². The van der Waals surface area contributed by atoms with E-state index in [1.54, 1.807) is 0 Å². The second-order valence-corrected chi connectivity index (χ2v) is 3.52. The Morgan fingerprint density at radius 3 is 2.44 bits per heavy atom. The Bertz CT molecular complexity index is 495.